The van der Waals surface area contributed by atoms with Crippen molar-refractivity contribution >= 4 is 29.7 Å². The van der Waals surface area contributed by atoms with Crippen molar-refractivity contribution in [3.8, 4) is 0 Å². The van der Waals surface area contributed by atoms with E-state index >= 15 is 0 Å². The second kappa shape index (κ2) is 6.54. The lowest BCUT2D eigenvalue weighted by Gasteiger charge is -2.19. The molecule has 1 aliphatic carbocycles. The van der Waals surface area contributed by atoms with Gasteiger partial charge in [-0.15, -0.1) is 0 Å². The van der Waals surface area contributed by atoms with Gasteiger partial charge in [-0.25, -0.2) is 4.79 Å². The number of likely N-dealkylation sites (tertiary alicyclic amines) is 1. The van der Waals surface area contributed by atoms with Crippen molar-refractivity contribution in [3.63, 3.8) is 0 Å². The number of imide groups is 2. The van der Waals surface area contributed by atoms with Gasteiger partial charge in [0, 0.05) is 0 Å². The Hall–Kier alpha value is -2.45. The molecule has 1 aliphatic heterocycles. The SMILES string of the molecule is NC(=O)NC(=O)COC(=O)CN1C(=O)[C@H]2CCCC[C@@H]2C1=O. The molecule has 9 heteroatoms. The molecule has 2 rings (SSSR count). The van der Waals surface area contributed by atoms with Crippen molar-refractivity contribution in [2.45, 2.75) is 25.7 Å². The van der Waals surface area contributed by atoms with Crippen LogP contribution < -0.4 is 11.1 Å². The number of esters is 1. The Morgan fingerprint density at radius 1 is 1.14 bits per heavy atom. The molecule has 0 aromatic rings. The van der Waals surface area contributed by atoms with Gasteiger partial charge >= 0.3 is 12.0 Å². The molecule has 1 saturated carbocycles. The molecule has 0 aromatic heterocycles. The van der Waals surface area contributed by atoms with Crippen LogP contribution in [-0.4, -0.2) is 47.8 Å². The average Bonchev–Trinajstić information content (AvgIpc) is 2.70. The first-order chi connectivity index (χ1) is 10.4. The van der Waals surface area contributed by atoms with E-state index in [-0.39, 0.29) is 23.7 Å². The van der Waals surface area contributed by atoms with Gasteiger partial charge in [-0.1, -0.05) is 12.8 Å². The van der Waals surface area contributed by atoms with Gasteiger partial charge in [0.05, 0.1) is 11.8 Å². The van der Waals surface area contributed by atoms with Gasteiger partial charge < -0.3 is 10.5 Å². The second-order valence-corrected chi connectivity index (χ2v) is 5.33. The molecule has 0 spiro atoms. The maximum atomic E-state index is 12.1. The van der Waals surface area contributed by atoms with Gasteiger partial charge in [-0.3, -0.25) is 29.4 Å². The number of primary amides is 1. The number of hydrogen-bond donors (Lipinski definition) is 2. The van der Waals surface area contributed by atoms with Crippen LogP contribution in [0, 0.1) is 11.8 Å². The van der Waals surface area contributed by atoms with Gasteiger partial charge in [0.15, 0.2) is 6.61 Å². The van der Waals surface area contributed by atoms with Crippen LogP contribution in [0.5, 0.6) is 0 Å². The molecule has 0 aromatic carbocycles. The fourth-order valence-electron chi connectivity index (χ4n) is 2.88. The molecule has 2 fully saturated rings. The summed E-state index contributed by atoms with van der Waals surface area (Å²) in [7, 11) is 0. The summed E-state index contributed by atoms with van der Waals surface area (Å²) in [5, 5.41) is 1.73. The van der Waals surface area contributed by atoms with E-state index in [2.05, 4.69) is 4.74 Å². The predicted octanol–water partition coefficient (Wildman–Crippen LogP) is -1.10. The monoisotopic (exact) mass is 311 g/mol. The van der Waals surface area contributed by atoms with Crippen molar-refractivity contribution in [3.05, 3.63) is 0 Å². The van der Waals surface area contributed by atoms with Crippen molar-refractivity contribution in [1.82, 2.24) is 10.2 Å². The summed E-state index contributed by atoms with van der Waals surface area (Å²) in [5.74, 6) is -3.16. The third-order valence-electron chi connectivity index (χ3n) is 3.85. The number of nitrogens with zero attached hydrogens (tertiary/aromatic N) is 1. The summed E-state index contributed by atoms with van der Waals surface area (Å²) in [6.07, 6.45) is 3.10. The summed E-state index contributed by atoms with van der Waals surface area (Å²) in [4.78, 5) is 58.3. The minimum absolute atomic E-state index is 0.341. The largest absolute Gasteiger partial charge is 0.454 e. The summed E-state index contributed by atoms with van der Waals surface area (Å²) in [6, 6.07) is -1.06. The van der Waals surface area contributed by atoms with Crippen LogP contribution >= 0.6 is 0 Å². The Labute approximate surface area is 126 Å². The number of nitrogens with two attached hydrogens (primary N) is 1. The van der Waals surface area contributed by atoms with Crippen LogP contribution in [0.4, 0.5) is 4.79 Å². The van der Waals surface area contributed by atoms with Gasteiger partial charge in [0.25, 0.3) is 5.91 Å². The lowest BCUT2D eigenvalue weighted by molar-refractivity contribution is -0.154. The van der Waals surface area contributed by atoms with Gasteiger partial charge in [-0.05, 0) is 12.8 Å². The Morgan fingerprint density at radius 2 is 1.68 bits per heavy atom. The lowest BCUT2D eigenvalue weighted by atomic mass is 9.81. The van der Waals surface area contributed by atoms with Crippen LogP contribution in [0.25, 0.3) is 0 Å². The Balaban J connectivity index is 1.86. The van der Waals surface area contributed by atoms with E-state index in [1.807, 2.05) is 0 Å². The Morgan fingerprint density at radius 3 is 2.18 bits per heavy atom. The maximum Gasteiger partial charge on any atom is 0.326 e. The fraction of sp³-hybridized carbons (Fsp3) is 0.615. The van der Waals surface area contributed by atoms with E-state index in [1.165, 1.54) is 0 Å². The quantitative estimate of drug-likeness (QED) is 0.499. The first kappa shape index (κ1) is 15.9. The molecule has 0 bridgehead atoms. The zero-order chi connectivity index (χ0) is 16.3. The number of carbonyl (C=O) groups excluding carboxylic acids is 5. The van der Waals surface area contributed by atoms with Crippen LogP contribution in [0.3, 0.4) is 0 Å². The maximum absolute atomic E-state index is 12.1. The van der Waals surface area contributed by atoms with Crippen molar-refractivity contribution in [2.24, 2.45) is 17.6 Å². The van der Waals surface area contributed by atoms with E-state index in [9.17, 15) is 24.0 Å². The summed E-state index contributed by atoms with van der Waals surface area (Å²) in [6.45, 7) is -1.22. The normalized spacial score (nSPS) is 23.9. The number of ether oxygens (including phenoxy) is 1. The van der Waals surface area contributed by atoms with E-state index in [0.717, 1.165) is 17.7 Å². The number of hydrogen-bond acceptors (Lipinski definition) is 6. The van der Waals surface area contributed by atoms with Crippen molar-refractivity contribution < 1.29 is 28.7 Å². The summed E-state index contributed by atoms with van der Waals surface area (Å²) >= 11 is 0. The molecule has 1 heterocycles. The van der Waals surface area contributed by atoms with Crippen molar-refractivity contribution in [1.29, 1.82) is 0 Å². The number of fused-ring (bicyclic) bond motifs is 1. The third-order valence-corrected chi connectivity index (χ3v) is 3.85. The second-order valence-electron chi connectivity index (χ2n) is 5.33. The van der Waals surface area contributed by atoms with E-state index in [0.29, 0.717) is 12.8 Å². The van der Waals surface area contributed by atoms with Gasteiger partial charge in [0.2, 0.25) is 11.8 Å². The Kier molecular flexibility index (Phi) is 4.74. The molecular formula is C13H17N3O6. The standard InChI is InChI=1S/C13H17N3O6/c14-13(21)15-9(17)6-22-10(18)5-16-11(19)7-3-1-2-4-8(7)12(16)20/h7-8H,1-6H2,(H3,14,15,17,21)/t7-,8-/m0/s1. The molecule has 0 unspecified atom stereocenters. The first-order valence-corrected chi connectivity index (χ1v) is 7.00. The highest BCUT2D eigenvalue weighted by Gasteiger charge is 2.48. The number of carbonyl (C=O) groups is 5. The number of nitrogens with one attached hydrogen (secondary N) is 1. The number of rotatable bonds is 4. The predicted molar refractivity (Wildman–Crippen MR) is 70.9 cm³/mol. The smallest absolute Gasteiger partial charge is 0.326 e. The highest BCUT2D eigenvalue weighted by Crippen LogP contribution is 2.37. The summed E-state index contributed by atoms with van der Waals surface area (Å²) in [5.41, 5.74) is 4.73. The zero-order valence-corrected chi connectivity index (χ0v) is 11.9. The topological polar surface area (TPSA) is 136 Å². The third kappa shape index (κ3) is 3.41. The van der Waals surface area contributed by atoms with Crippen LogP contribution in [0.15, 0.2) is 0 Å². The molecule has 22 heavy (non-hydrogen) atoms. The first-order valence-electron chi connectivity index (χ1n) is 7.00. The molecule has 1 saturated heterocycles. The highest BCUT2D eigenvalue weighted by molar-refractivity contribution is 6.07. The zero-order valence-electron chi connectivity index (χ0n) is 11.9. The molecule has 0 radical (unpaired) electrons. The molecule has 2 atom stereocenters. The average molecular weight is 311 g/mol. The van der Waals surface area contributed by atoms with Gasteiger partial charge in [0.1, 0.15) is 6.54 Å². The molecular weight excluding hydrogens is 294 g/mol. The minimum Gasteiger partial charge on any atom is -0.454 e. The number of urea groups is 1. The van der Waals surface area contributed by atoms with E-state index in [4.69, 9.17) is 5.73 Å². The lowest BCUT2D eigenvalue weighted by Crippen LogP contribution is -2.40. The number of amides is 5. The van der Waals surface area contributed by atoms with E-state index < -0.39 is 31.1 Å². The van der Waals surface area contributed by atoms with E-state index in [1.54, 1.807) is 5.32 Å². The van der Waals surface area contributed by atoms with Crippen molar-refractivity contribution in [2.75, 3.05) is 13.2 Å². The molecule has 5 amide bonds. The van der Waals surface area contributed by atoms with Gasteiger partial charge in [-0.2, -0.15) is 0 Å². The van der Waals surface area contributed by atoms with Crippen LogP contribution in [0.1, 0.15) is 25.7 Å². The molecule has 3 N–H and O–H groups in total. The van der Waals surface area contributed by atoms with Crippen LogP contribution in [-0.2, 0) is 23.9 Å². The minimum atomic E-state index is -1.06. The molecule has 2 aliphatic rings. The fourth-order valence-corrected chi connectivity index (χ4v) is 2.88. The molecule has 9 nitrogen and oxygen atoms in total. The highest BCUT2D eigenvalue weighted by atomic mass is 16.5. The van der Waals surface area contributed by atoms with Crippen LogP contribution in [0.2, 0.25) is 0 Å². The Bertz CT molecular complexity index is 508. The summed E-state index contributed by atoms with van der Waals surface area (Å²) < 4.78 is 4.61. The molecule has 120 valence electrons.